The predicted octanol–water partition coefficient (Wildman–Crippen LogP) is 1.78. The molecular weight excluding hydrogens is 164 g/mol. The van der Waals surface area contributed by atoms with Gasteiger partial charge in [-0.1, -0.05) is 13.8 Å². The van der Waals surface area contributed by atoms with Crippen molar-refractivity contribution in [2.45, 2.75) is 33.1 Å². The fourth-order valence-electron chi connectivity index (χ4n) is 1.12. The van der Waals surface area contributed by atoms with Gasteiger partial charge in [0.05, 0.1) is 6.20 Å². The van der Waals surface area contributed by atoms with Crippen LogP contribution in [0.5, 0.6) is 0 Å². The topological polar surface area (TPSA) is 38.1 Å². The van der Waals surface area contributed by atoms with E-state index in [1.54, 1.807) is 0 Å². The van der Waals surface area contributed by atoms with E-state index in [9.17, 15) is 0 Å². The van der Waals surface area contributed by atoms with Crippen LogP contribution < -0.4 is 5.32 Å². The summed E-state index contributed by atoms with van der Waals surface area (Å²) in [7, 11) is 0. The maximum Gasteiger partial charge on any atom is 0.195 e. The lowest BCUT2D eigenvalue weighted by molar-refractivity contribution is 0.452. The fourth-order valence-corrected chi connectivity index (χ4v) is 1.12. The molecule has 0 aliphatic carbocycles. The van der Waals surface area contributed by atoms with E-state index >= 15 is 0 Å². The van der Waals surface area contributed by atoms with E-state index in [1.165, 1.54) is 6.42 Å². The molecule has 0 aliphatic heterocycles. The number of aryl methyl sites for hydroxylation is 1. The van der Waals surface area contributed by atoms with Gasteiger partial charge in [-0.15, -0.1) is 0 Å². The summed E-state index contributed by atoms with van der Waals surface area (Å²) in [6.07, 6.45) is 4.80. The smallest absolute Gasteiger partial charge is 0.195 e. The molecule has 1 N–H and O–H groups in total. The molecular formula is C10H18N2O. The summed E-state index contributed by atoms with van der Waals surface area (Å²) in [5, 5.41) is 3.31. The Kier molecular flexibility index (Phi) is 4.54. The van der Waals surface area contributed by atoms with Crippen molar-refractivity contribution in [3.05, 3.63) is 17.8 Å². The molecule has 1 rings (SSSR count). The van der Waals surface area contributed by atoms with Crippen molar-refractivity contribution in [2.24, 2.45) is 0 Å². The van der Waals surface area contributed by atoms with E-state index in [1.807, 2.05) is 6.20 Å². The van der Waals surface area contributed by atoms with Crippen LogP contribution in [0.25, 0.3) is 0 Å². The van der Waals surface area contributed by atoms with Crippen LogP contribution in [0.15, 0.2) is 10.6 Å². The number of nitrogens with zero attached hydrogens (tertiary/aromatic N) is 1. The van der Waals surface area contributed by atoms with Crippen LogP contribution in [0.3, 0.4) is 0 Å². The monoisotopic (exact) mass is 182 g/mol. The number of oxazole rings is 1. The standard InChI is InChI=1S/C10H18N2O/c1-3-6-11-7-5-10-12-8-9(4-2)13-10/h8,11H,3-7H2,1-2H3. The Bertz CT molecular complexity index is 233. The van der Waals surface area contributed by atoms with Gasteiger partial charge in [0.25, 0.3) is 0 Å². The van der Waals surface area contributed by atoms with Gasteiger partial charge in [-0.05, 0) is 13.0 Å². The molecule has 1 heterocycles. The summed E-state index contributed by atoms with van der Waals surface area (Å²) in [5.41, 5.74) is 0. The quantitative estimate of drug-likeness (QED) is 0.681. The van der Waals surface area contributed by atoms with Crippen molar-refractivity contribution in [1.29, 1.82) is 0 Å². The van der Waals surface area contributed by atoms with Crippen LogP contribution in [-0.2, 0) is 12.8 Å². The molecule has 74 valence electrons. The second kappa shape index (κ2) is 5.75. The highest BCUT2D eigenvalue weighted by Crippen LogP contribution is 2.03. The molecule has 0 atom stereocenters. The lowest BCUT2D eigenvalue weighted by Crippen LogP contribution is -2.17. The third-order valence-corrected chi connectivity index (χ3v) is 1.89. The summed E-state index contributed by atoms with van der Waals surface area (Å²) in [6.45, 7) is 6.26. The molecule has 0 aromatic carbocycles. The van der Waals surface area contributed by atoms with Gasteiger partial charge >= 0.3 is 0 Å². The Morgan fingerprint density at radius 3 is 2.85 bits per heavy atom. The second-order valence-corrected chi connectivity index (χ2v) is 3.07. The zero-order valence-electron chi connectivity index (χ0n) is 8.47. The Morgan fingerprint density at radius 2 is 2.23 bits per heavy atom. The predicted molar refractivity (Wildman–Crippen MR) is 52.7 cm³/mol. The molecule has 0 spiro atoms. The summed E-state index contributed by atoms with van der Waals surface area (Å²) in [4.78, 5) is 4.18. The van der Waals surface area contributed by atoms with Gasteiger partial charge < -0.3 is 9.73 Å². The molecule has 0 fully saturated rings. The van der Waals surface area contributed by atoms with E-state index < -0.39 is 0 Å². The van der Waals surface area contributed by atoms with Gasteiger partial charge in [0.1, 0.15) is 5.76 Å². The molecule has 0 aliphatic rings. The van der Waals surface area contributed by atoms with Crippen molar-refractivity contribution in [3.8, 4) is 0 Å². The van der Waals surface area contributed by atoms with Crippen molar-refractivity contribution in [1.82, 2.24) is 10.3 Å². The minimum absolute atomic E-state index is 0.848. The number of aromatic nitrogens is 1. The molecule has 0 unspecified atom stereocenters. The molecule has 3 nitrogen and oxygen atoms in total. The van der Waals surface area contributed by atoms with Crippen LogP contribution in [-0.4, -0.2) is 18.1 Å². The van der Waals surface area contributed by atoms with E-state index in [4.69, 9.17) is 4.42 Å². The van der Waals surface area contributed by atoms with Crippen LogP contribution in [0, 0.1) is 0 Å². The van der Waals surface area contributed by atoms with Gasteiger partial charge in [0.2, 0.25) is 0 Å². The lowest BCUT2D eigenvalue weighted by atomic mass is 10.4. The van der Waals surface area contributed by atoms with Crippen LogP contribution in [0.1, 0.15) is 31.9 Å². The first-order valence-electron chi connectivity index (χ1n) is 5.01. The number of rotatable bonds is 6. The Hall–Kier alpha value is -0.830. The van der Waals surface area contributed by atoms with Crippen molar-refractivity contribution < 1.29 is 4.42 Å². The van der Waals surface area contributed by atoms with E-state index in [0.29, 0.717) is 0 Å². The fraction of sp³-hybridized carbons (Fsp3) is 0.700. The zero-order chi connectivity index (χ0) is 9.52. The molecule has 13 heavy (non-hydrogen) atoms. The maximum absolute atomic E-state index is 5.46. The SMILES string of the molecule is CCCNCCc1ncc(CC)o1. The summed E-state index contributed by atoms with van der Waals surface area (Å²) < 4.78 is 5.46. The molecule has 0 bridgehead atoms. The molecule has 3 heteroatoms. The summed E-state index contributed by atoms with van der Waals surface area (Å²) in [5.74, 6) is 1.82. The number of hydrogen-bond donors (Lipinski definition) is 1. The highest BCUT2D eigenvalue weighted by molar-refractivity contribution is 4.93. The molecule has 1 aromatic heterocycles. The number of hydrogen-bond acceptors (Lipinski definition) is 3. The third-order valence-electron chi connectivity index (χ3n) is 1.89. The van der Waals surface area contributed by atoms with E-state index in [2.05, 4.69) is 24.1 Å². The first-order chi connectivity index (χ1) is 6.36. The van der Waals surface area contributed by atoms with Crippen molar-refractivity contribution in [2.75, 3.05) is 13.1 Å². The van der Waals surface area contributed by atoms with Crippen molar-refractivity contribution in [3.63, 3.8) is 0 Å². The van der Waals surface area contributed by atoms with E-state index in [-0.39, 0.29) is 0 Å². The Balaban J connectivity index is 2.20. The minimum Gasteiger partial charge on any atom is -0.446 e. The highest BCUT2D eigenvalue weighted by Gasteiger charge is 2.00. The average Bonchev–Trinajstić information content (AvgIpc) is 2.60. The van der Waals surface area contributed by atoms with Gasteiger partial charge in [0, 0.05) is 19.4 Å². The largest absolute Gasteiger partial charge is 0.446 e. The van der Waals surface area contributed by atoms with Gasteiger partial charge in [-0.25, -0.2) is 4.98 Å². The van der Waals surface area contributed by atoms with Gasteiger partial charge in [0.15, 0.2) is 5.89 Å². The second-order valence-electron chi connectivity index (χ2n) is 3.07. The Labute approximate surface area is 79.5 Å². The average molecular weight is 182 g/mol. The van der Waals surface area contributed by atoms with E-state index in [0.717, 1.165) is 37.6 Å². The lowest BCUT2D eigenvalue weighted by Gasteiger charge is -1.98. The van der Waals surface area contributed by atoms with Gasteiger partial charge in [-0.3, -0.25) is 0 Å². The minimum atomic E-state index is 0.848. The molecule has 0 saturated heterocycles. The highest BCUT2D eigenvalue weighted by atomic mass is 16.4. The van der Waals surface area contributed by atoms with Crippen LogP contribution in [0.2, 0.25) is 0 Å². The molecule has 0 radical (unpaired) electrons. The third kappa shape index (κ3) is 3.59. The summed E-state index contributed by atoms with van der Waals surface area (Å²) >= 11 is 0. The first kappa shape index (κ1) is 10.3. The molecule has 0 saturated carbocycles. The Morgan fingerprint density at radius 1 is 1.38 bits per heavy atom. The first-order valence-corrected chi connectivity index (χ1v) is 5.01. The summed E-state index contributed by atoms with van der Waals surface area (Å²) in [6, 6.07) is 0. The number of nitrogens with one attached hydrogen (secondary N) is 1. The molecule has 0 amide bonds. The zero-order valence-corrected chi connectivity index (χ0v) is 8.47. The van der Waals surface area contributed by atoms with Crippen LogP contribution in [0.4, 0.5) is 0 Å². The normalized spacial score (nSPS) is 10.6. The molecule has 1 aromatic rings. The maximum atomic E-state index is 5.46. The van der Waals surface area contributed by atoms with Crippen LogP contribution >= 0.6 is 0 Å². The van der Waals surface area contributed by atoms with Crippen molar-refractivity contribution >= 4 is 0 Å². The van der Waals surface area contributed by atoms with Gasteiger partial charge in [-0.2, -0.15) is 0 Å².